The van der Waals surface area contributed by atoms with Crippen molar-refractivity contribution in [3.05, 3.63) is 113 Å². The van der Waals surface area contributed by atoms with Gasteiger partial charge in [0.15, 0.2) is 11.5 Å². The third-order valence-corrected chi connectivity index (χ3v) is 11.1. The number of carbonyl (C=O) groups is 2. The topological polar surface area (TPSA) is 114 Å². The molecule has 1 saturated carbocycles. The van der Waals surface area contributed by atoms with Gasteiger partial charge < -0.3 is 24.4 Å². The van der Waals surface area contributed by atoms with Crippen LogP contribution in [0.25, 0.3) is 0 Å². The van der Waals surface area contributed by atoms with Crippen molar-refractivity contribution in [1.29, 1.82) is 0 Å². The molecule has 270 valence electrons. The smallest absolute Gasteiger partial charge is 0.264 e. The molecule has 51 heavy (non-hydrogen) atoms. The molecule has 0 radical (unpaired) electrons. The fourth-order valence-electron chi connectivity index (χ4n) is 6.31. The van der Waals surface area contributed by atoms with Crippen LogP contribution in [-0.2, 0) is 32.6 Å². The summed E-state index contributed by atoms with van der Waals surface area (Å²) in [6.45, 7) is -0.583. The van der Waals surface area contributed by atoms with Crippen molar-refractivity contribution in [2.24, 2.45) is 0 Å². The van der Waals surface area contributed by atoms with Gasteiger partial charge in [-0.1, -0.05) is 73.3 Å². The Morgan fingerprint density at radius 3 is 2.16 bits per heavy atom. The Morgan fingerprint density at radius 2 is 1.49 bits per heavy atom. The van der Waals surface area contributed by atoms with Crippen LogP contribution < -0.4 is 23.8 Å². The molecule has 1 aliphatic carbocycles. The Morgan fingerprint density at radius 1 is 0.804 bits per heavy atom. The molecule has 0 bridgehead atoms. The van der Waals surface area contributed by atoms with Crippen molar-refractivity contribution < 1.29 is 32.2 Å². The molecule has 5 rings (SSSR count). The van der Waals surface area contributed by atoms with Crippen LogP contribution >= 0.6 is 11.6 Å². The van der Waals surface area contributed by atoms with E-state index >= 15 is 0 Å². The fraction of sp³-hybridized carbons (Fsp3) is 0.333. The van der Waals surface area contributed by atoms with Crippen molar-refractivity contribution in [2.45, 2.75) is 62.0 Å². The normalized spacial score (nSPS) is 13.9. The fourth-order valence-corrected chi connectivity index (χ4v) is 7.86. The first-order valence-electron chi connectivity index (χ1n) is 16.9. The van der Waals surface area contributed by atoms with Crippen LogP contribution in [0, 0.1) is 0 Å². The number of anilines is 1. The summed E-state index contributed by atoms with van der Waals surface area (Å²) in [6, 6.07) is 26.2. The van der Waals surface area contributed by atoms with Crippen LogP contribution in [-0.4, -0.2) is 65.1 Å². The first kappa shape index (κ1) is 37.5. The summed E-state index contributed by atoms with van der Waals surface area (Å²) in [5.41, 5.74) is 1.79. The maximum absolute atomic E-state index is 14.8. The zero-order valence-corrected chi connectivity index (χ0v) is 30.7. The summed E-state index contributed by atoms with van der Waals surface area (Å²) >= 11 is 6.20. The second-order valence-corrected chi connectivity index (χ2v) is 14.7. The number of ether oxygens (including phenoxy) is 3. The highest BCUT2D eigenvalue weighted by atomic mass is 35.5. The van der Waals surface area contributed by atoms with E-state index < -0.39 is 28.5 Å². The largest absolute Gasteiger partial charge is 0.497 e. The molecular formula is C39H44ClN3O7S. The SMILES string of the molecule is COc1cccc(CN(C(=O)CN(c2ccc(Cl)cc2)S(=O)(=O)c2ccc(OC)c(OC)c2)[C@H](Cc2ccccc2)C(=O)NC2CCCCC2)c1. The van der Waals surface area contributed by atoms with E-state index in [0.29, 0.717) is 22.1 Å². The number of methoxy groups -OCH3 is 3. The summed E-state index contributed by atoms with van der Waals surface area (Å²) in [7, 11) is 0.0483. The Hall–Kier alpha value is -4.74. The summed E-state index contributed by atoms with van der Waals surface area (Å²) in [5, 5.41) is 3.62. The summed E-state index contributed by atoms with van der Waals surface area (Å²) in [4.78, 5) is 30.5. The predicted molar refractivity (Wildman–Crippen MR) is 198 cm³/mol. The van der Waals surface area contributed by atoms with Gasteiger partial charge in [-0.2, -0.15) is 0 Å². The molecule has 4 aromatic carbocycles. The van der Waals surface area contributed by atoms with Crippen molar-refractivity contribution in [2.75, 3.05) is 32.2 Å². The number of nitrogens with zero attached hydrogens (tertiary/aromatic N) is 2. The van der Waals surface area contributed by atoms with Gasteiger partial charge >= 0.3 is 0 Å². The van der Waals surface area contributed by atoms with Gasteiger partial charge in [-0.05, 0) is 72.5 Å². The minimum Gasteiger partial charge on any atom is -0.497 e. The minimum absolute atomic E-state index is 0.00529. The van der Waals surface area contributed by atoms with Gasteiger partial charge in [-0.25, -0.2) is 8.42 Å². The number of rotatable bonds is 15. The number of hydrogen-bond donors (Lipinski definition) is 1. The molecule has 10 nitrogen and oxygen atoms in total. The Kier molecular flexibility index (Phi) is 12.8. The quantitative estimate of drug-likeness (QED) is 0.146. The summed E-state index contributed by atoms with van der Waals surface area (Å²) in [6.07, 6.45) is 5.10. The second-order valence-electron chi connectivity index (χ2n) is 12.4. The van der Waals surface area contributed by atoms with Crippen LogP contribution in [0.4, 0.5) is 5.69 Å². The van der Waals surface area contributed by atoms with E-state index in [1.807, 2.05) is 42.5 Å². The van der Waals surface area contributed by atoms with Crippen LogP contribution in [0.3, 0.4) is 0 Å². The molecule has 1 N–H and O–H groups in total. The molecule has 0 saturated heterocycles. The lowest BCUT2D eigenvalue weighted by atomic mass is 9.94. The number of hydrogen-bond acceptors (Lipinski definition) is 7. The van der Waals surface area contributed by atoms with Gasteiger partial charge in [0.25, 0.3) is 10.0 Å². The van der Waals surface area contributed by atoms with E-state index in [9.17, 15) is 18.0 Å². The standard InChI is InChI=1S/C39H44ClN3O7S/c1-48-33-16-10-13-29(23-33)26-42(35(24-28-11-6-4-7-12-28)39(45)41-31-14-8-5-9-15-31)38(44)27-43(32-19-17-30(40)18-20-32)51(46,47)34-21-22-36(49-2)37(25-34)50-3/h4,6-7,10-13,16-23,25,31,35H,5,8-9,14-15,24,26-27H2,1-3H3,(H,41,45)/t35-/m1/s1. The molecule has 0 aliphatic heterocycles. The molecule has 0 heterocycles. The van der Waals surface area contributed by atoms with Crippen molar-refractivity contribution in [3.8, 4) is 17.2 Å². The number of nitrogens with one attached hydrogen (secondary N) is 1. The third-order valence-electron chi connectivity index (χ3n) is 9.05. The molecular weight excluding hydrogens is 690 g/mol. The zero-order chi connectivity index (χ0) is 36.4. The summed E-state index contributed by atoms with van der Waals surface area (Å²) < 4.78 is 46.2. The highest BCUT2D eigenvalue weighted by Crippen LogP contribution is 2.33. The first-order valence-corrected chi connectivity index (χ1v) is 18.7. The molecule has 2 amide bonds. The lowest BCUT2D eigenvalue weighted by molar-refractivity contribution is -0.140. The monoisotopic (exact) mass is 733 g/mol. The molecule has 0 spiro atoms. The van der Waals surface area contributed by atoms with Gasteiger partial charge in [-0.15, -0.1) is 0 Å². The van der Waals surface area contributed by atoms with Crippen molar-refractivity contribution >= 4 is 39.1 Å². The maximum Gasteiger partial charge on any atom is 0.264 e. The first-order chi connectivity index (χ1) is 24.6. The number of carbonyl (C=O) groups excluding carboxylic acids is 2. The molecule has 1 fully saturated rings. The van der Waals surface area contributed by atoms with Crippen LogP contribution in [0.1, 0.15) is 43.2 Å². The van der Waals surface area contributed by atoms with E-state index in [1.165, 1.54) is 49.5 Å². The van der Waals surface area contributed by atoms with Crippen LogP contribution in [0.15, 0.2) is 102 Å². The highest BCUT2D eigenvalue weighted by Gasteiger charge is 2.36. The average Bonchev–Trinajstić information content (AvgIpc) is 3.16. The minimum atomic E-state index is -4.38. The Balaban J connectivity index is 1.59. The van der Waals surface area contributed by atoms with E-state index in [-0.39, 0.29) is 41.2 Å². The lowest BCUT2D eigenvalue weighted by Gasteiger charge is -2.35. The van der Waals surface area contributed by atoms with Gasteiger partial charge in [-0.3, -0.25) is 13.9 Å². The number of halogens is 1. The predicted octanol–water partition coefficient (Wildman–Crippen LogP) is 6.65. The van der Waals surface area contributed by atoms with Crippen LogP contribution in [0.5, 0.6) is 17.2 Å². The lowest BCUT2D eigenvalue weighted by Crippen LogP contribution is -2.55. The average molecular weight is 734 g/mol. The molecule has 1 atom stereocenters. The van der Waals surface area contributed by atoms with Crippen LogP contribution in [0.2, 0.25) is 5.02 Å². The maximum atomic E-state index is 14.8. The third kappa shape index (κ3) is 9.53. The highest BCUT2D eigenvalue weighted by molar-refractivity contribution is 7.92. The van der Waals surface area contributed by atoms with E-state index in [0.717, 1.165) is 42.0 Å². The molecule has 12 heteroatoms. The van der Waals surface area contributed by atoms with E-state index in [2.05, 4.69) is 5.32 Å². The van der Waals surface area contributed by atoms with Gasteiger partial charge in [0.05, 0.1) is 31.9 Å². The zero-order valence-electron chi connectivity index (χ0n) is 29.1. The second kappa shape index (κ2) is 17.5. The van der Waals surface area contributed by atoms with Gasteiger partial charge in [0.1, 0.15) is 18.3 Å². The van der Waals surface area contributed by atoms with Crippen molar-refractivity contribution in [1.82, 2.24) is 10.2 Å². The molecule has 0 unspecified atom stereocenters. The van der Waals surface area contributed by atoms with E-state index in [4.69, 9.17) is 25.8 Å². The van der Waals surface area contributed by atoms with Gasteiger partial charge in [0.2, 0.25) is 11.8 Å². The molecule has 0 aromatic heterocycles. The summed E-state index contributed by atoms with van der Waals surface area (Å²) in [5.74, 6) is 0.287. The van der Waals surface area contributed by atoms with Gasteiger partial charge in [0, 0.05) is 30.1 Å². The Labute approximate surface area is 305 Å². The number of amides is 2. The Bertz CT molecular complexity index is 1880. The van der Waals surface area contributed by atoms with E-state index in [1.54, 1.807) is 31.4 Å². The van der Waals surface area contributed by atoms with Crippen molar-refractivity contribution in [3.63, 3.8) is 0 Å². The number of benzene rings is 4. The molecule has 1 aliphatic rings. The molecule has 4 aromatic rings. The number of sulfonamides is 1.